The molecule has 0 atom stereocenters. The fourth-order valence-electron chi connectivity index (χ4n) is 1.59. The summed E-state index contributed by atoms with van der Waals surface area (Å²) in [7, 11) is 1.47. The summed E-state index contributed by atoms with van der Waals surface area (Å²) in [4.78, 5) is 14.3. The first kappa shape index (κ1) is 12.8. The van der Waals surface area contributed by atoms with Gasteiger partial charge in [-0.05, 0) is 0 Å². The maximum absolute atomic E-state index is 10.8. The van der Waals surface area contributed by atoms with E-state index in [1.807, 2.05) is 0 Å². The van der Waals surface area contributed by atoms with Crippen molar-refractivity contribution < 1.29 is 9.66 Å². The van der Waals surface area contributed by atoms with Gasteiger partial charge >= 0.3 is 0 Å². The summed E-state index contributed by atoms with van der Waals surface area (Å²) >= 11 is 0. The van der Waals surface area contributed by atoms with Gasteiger partial charge in [0.25, 0.3) is 5.69 Å². The van der Waals surface area contributed by atoms with Gasteiger partial charge in [0, 0.05) is 30.8 Å². The molecule has 0 aliphatic rings. The van der Waals surface area contributed by atoms with Crippen molar-refractivity contribution in [1.29, 1.82) is 0 Å². The number of aromatic amines is 1. The average molecular weight is 263 g/mol. The number of benzene rings is 1. The Kier molecular flexibility index (Phi) is 3.91. The lowest BCUT2D eigenvalue weighted by atomic mass is 10.2. The molecule has 0 spiro atoms. The van der Waals surface area contributed by atoms with E-state index in [1.54, 1.807) is 6.07 Å². The molecular weight excluding hydrogens is 250 g/mol. The summed E-state index contributed by atoms with van der Waals surface area (Å²) in [5, 5.41) is 20.3. The van der Waals surface area contributed by atoms with Crippen molar-refractivity contribution in [3.63, 3.8) is 0 Å². The molecule has 1 heterocycles. The van der Waals surface area contributed by atoms with Crippen LogP contribution in [0, 0.1) is 10.1 Å². The number of H-pyrrole nitrogens is 1. The van der Waals surface area contributed by atoms with E-state index in [-0.39, 0.29) is 5.69 Å². The number of hydrogen-bond acceptors (Lipinski definition) is 6. The molecule has 0 fully saturated rings. The number of nitro benzene ring substituents is 1. The van der Waals surface area contributed by atoms with Crippen molar-refractivity contribution >= 4 is 11.4 Å². The molecule has 0 unspecified atom stereocenters. The van der Waals surface area contributed by atoms with Gasteiger partial charge in [0.15, 0.2) is 0 Å². The standard InChI is InChI=1S/C11H13N5O3/c1-19-10-5-8(4-9(6-10)16(17)18)12-3-2-11-13-7-14-15-11/h4-7,12H,2-3H2,1H3,(H,13,14,15). The number of anilines is 1. The van der Waals surface area contributed by atoms with Crippen LogP contribution < -0.4 is 10.1 Å². The fourth-order valence-corrected chi connectivity index (χ4v) is 1.59. The van der Waals surface area contributed by atoms with E-state index in [2.05, 4.69) is 20.5 Å². The van der Waals surface area contributed by atoms with Crippen molar-refractivity contribution in [2.24, 2.45) is 0 Å². The van der Waals surface area contributed by atoms with Gasteiger partial charge in [-0.15, -0.1) is 0 Å². The minimum atomic E-state index is -0.454. The predicted molar refractivity (Wildman–Crippen MR) is 68.2 cm³/mol. The van der Waals surface area contributed by atoms with Gasteiger partial charge in [-0.3, -0.25) is 15.2 Å². The number of ether oxygens (including phenoxy) is 1. The zero-order valence-corrected chi connectivity index (χ0v) is 10.3. The second-order valence-electron chi connectivity index (χ2n) is 3.79. The molecular formula is C11H13N5O3. The third-order valence-corrected chi connectivity index (χ3v) is 2.49. The summed E-state index contributed by atoms with van der Waals surface area (Å²) in [6.07, 6.45) is 2.08. The van der Waals surface area contributed by atoms with E-state index in [0.29, 0.717) is 24.4 Å². The SMILES string of the molecule is COc1cc(NCCc2ncn[nH]2)cc([N+](=O)[O-])c1. The van der Waals surface area contributed by atoms with Gasteiger partial charge < -0.3 is 10.1 Å². The molecule has 100 valence electrons. The van der Waals surface area contributed by atoms with Crippen molar-refractivity contribution in [3.8, 4) is 5.75 Å². The van der Waals surface area contributed by atoms with Crippen LogP contribution in [-0.2, 0) is 6.42 Å². The molecule has 8 heteroatoms. The van der Waals surface area contributed by atoms with Crippen molar-refractivity contribution in [1.82, 2.24) is 15.2 Å². The lowest BCUT2D eigenvalue weighted by Crippen LogP contribution is -2.06. The Balaban J connectivity index is 2.02. The molecule has 0 saturated carbocycles. The first-order valence-electron chi connectivity index (χ1n) is 5.60. The minimum Gasteiger partial charge on any atom is -0.496 e. The highest BCUT2D eigenvalue weighted by Gasteiger charge is 2.10. The van der Waals surface area contributed by atoms with Gasteiger partial charge in [-0.25, -0.2) is 4.98 Å². The zero-order chi connectivity index (χ0) is 13.7. The van der Waals surface area contributed by atoms with Gasteiger partial charge in [-0.1, -0.05) is 0 Å². The Morgan fingerprint density at radius 3 is 2.95 bits per heavy atom. The van der Waals surface area contributed by atoms with E-state index in [4.69, 9.17) is 4.74 Å². The largest absolute Gasteiger partial charge is 0.496 e. The first-order valence-corrected chi connectivity index (χ1v) is 5.60. The zero-order valence-electron chi connectivity index (χ0n) is 10.3. The number of nitrogens with zero attached hydrogens (tertiary/aromatic N) is 3. The van der Waals surface area contributed by atoms with E-state index in [9.17, 15) is 10.1 Å². The number of non-ortho nitro benzene ring substituents is 1. The Labute approximate surface area is 109 Å². The van der Waals surface area contributed by atoms with E-state index < -0.39 is 4.92 Å². The van der Waals surface area contributed by atoms with Crippen LogP contribution in [0.4, 0.5) is 11.4 Å². The Morgan fingerprint density at radius 2 is 2.32 bits per heavy atom. The van der Waals surface area contributed by atoms with Crippen LogP contribution >= 0.6 is 0 Å². The lowest BCUT2D eigenvalue weighted by Gasteiger charge is -2.07. The second-order valence-corrected chi connectivity index (χ2v) is 3.79. The normalized spacial score (nSPS) is 10.2. The van der Waals surface area contributed by atoms with Gasteiger partial charge in [0.2, 0.25) is 0 Å². The summed E-state index contributed by atoms with van der Waals surface area (Å²) in [6, 6.07) is 4.54. The maximum atomic E-state index is 10.8. The van der Waals surface area contributed by atoms with Crippen LogP contribution in [0.3, 0.4) is 0 Å². The number of aromatic nitrogens is 3. The molecule has 2 aromatic rings. The molecule has 1 aromatic carbocycles. The highest BCUT2D eigenvalue weighted by atomic mass is 16.6. The second kappa shape index (κ2) is 5.80. The van der Waals surface area contributed by atoms with Crippen LogP contribution in [-0.4, -0.2) is 33.8 Å². The van der Waals surface area contributed by atoms with E-state index >= 15 is 0 Å². The van der Waals surface area contributed by atoms with E-state index in [0.717, 1.165) is 5.82 Å². The Morgan fingerprint density at radius 1 is 1.47 bits per heavy atom. The first-order chi connectivity index (χ1) is 9.19. The number of nitro groups is 1. The van der Waals surface area contributed by atoms with Crippen molar-refractivity contribution in [2.75, 3.05) is 19.0 Å². The predicted octanol–water partition coefficient (Wildman–Crippen LogP) is 1.38. The molecule has 0 amide bonds. The number of hydrogen-bond donors (Lipinski definition) is 2. The summed E-state index contributed by atoms with van der Waals surface area (Å²) in [6.45, 7) is 0.583. The van der Waals surface area contributed by atoms with Gasteiger partial charge in [0.05, 0.1) is 18.1 Å². The summed E-state index contributed by atoms with van der Waals surface area (Å²) in [5.41, 5.74) is 0.618. The van der Waals surface area contributed by atoms with Crippen LogP contribution in [0.25, 0.3) is 0 Å². The molecule has 8 nitrogen and oxygen atoms in total. The van der Waals surface area contributed by atoms with Crippen molar-refractivity contribution in [2.45, 2.75) is 6.42 Å². The van der Waals surface area contributed by atoms with Crippen LogP contribution in [0.5, 0.6) is 5.75 Å². The molecule has 0 radical (unpaired) electrons. The quantitative estimate of drug-likeness (QED) is 0.602. The molecule has 2 N–H and O–H groups in total. The molecule has 2 rings (SSSR count). The Hall–Kier alpha value is -2.64. The minimum absolute atomic E-state index is 0.0125. The molecule has 0 saturated heterocycles. The Bertz CT molecular complexity index is 555. The van der Waals surface area contributed by atoms with Crippen LogP contribution in [0.2, 0.25) is 0 Å². The number of nitrogens with one attached hydrogen (secondary N) is 2. The average Bonchev–Trinajstić information content (AvgIpc) is 2.91. The van der Waals surface area contributed by atoms with Gasteiger partial charge in [-0.2, -0.15) is 5.10 Å². The van der Waals surface area contributed by atoms with E-state index in [1.165, 1.54) is 25.6 Å². The molecule has 19 heavy (non-hydrogen) atoms. The number of methoxy groups -OCH3 is 1. The monoisotopic (exact) mass is 263 g/mol. The fraction of sp³-hybridized carbons (Fsp3) is 0.273. The van der Waals surface area contributed by atoms with Crippen LogP contribution in [0.15, 0.2) is 24.5 Å². The topological polar surface area (TPSA) is 106 Å². The maximum Gasteiger partial charge on any atom is 0.275 e. The number of rotatable bonds is 6. The third kappa shape index (κ3) is 3.41. The van der Waals surface area contributed by atoms with Crippen molar-refractivity contribution in [3.05, 3.63) is 40.5 Å². The molecule has 0 bridgehead atoms. The lowest BCUT2D eigenvalue weighted by molar-refractivity contribution is -0.384. The summed E-state index contributed by atoms with van der Waals surface area (Å²) in [5.74, 6) is 1.20. The molecule has 0 aliphatic heterocycles. The smallest absolute Gasteiger partial charge is 0.275 e. The summed E-state index contributed by atoms with van der Waals surface area (Å²) < 4.78 is 5.02. The molecule has 0 aliphatic carbocycles. The molecule has 1 aromatic heterocycles. The third-order valence-electron chi connectivity index (χ3n) is 2.49. The highest BCUT2D eigenvalue weighted by Crippen LogP contribution is 2.25. The highest BCUT2D eigenvalue weighted by molar-refractivity contribution is 5.56. The van der Waals surface area contributed by atoms with Crippen LogP contribution in [0.1, 0.15) is 5.82 Å². The van der Waals surface area contributed by atoms with Gasteiger partial charge in [0.1, 0.15) is 17.9 Å².